The van der Waals surface area contributed by atoms with E-state index in [2.05, 4.69) is 28.2 Å². The number of amides is 1. The van der Waals surface area contributed by atoms with Gasteiger partial charge in [0.25, 0.3) is 0 Å². The molecule has 0 atom stereocenters. The summed E-state index contributed by atoms with van der Waals surface area (Å²) in [7, 11) is 1.83. The lowest BCUT2D eigenvalue weighted by molar-refractivity contribution is -0.128. The Morgan fingerprint density at radius 1 is 1.26 bits per heavy atom. The van der Waals surface area contributed by atoms with Crippen LogP contribution >= 0.6 is 22.7 Å². The highest BCUT2D eigenvalue weighted by Gasteiger charge is 2.17. The van der Waals surface area contributed by atoms with Gasteiger partial charge in [-0.2, -0.15) is 0 Å². The summed E-state index contributed by atoms with van der Waals surface area (Å²) in [5.41, 5.74) is 0. The number of hydrogen-bond acceptors (Lipinski definition) is 4. The Hall–Kier alpha value is -1.17. The lowest BCUT2D eigenvalue weighted by atomic mass is 10.2. The second-order valence-electron chi connectivity index (χ2n) is 4.25. The van der Waals surface area contributed by atoms with Crippen LogP contribution in [-0.4, -0.2) is 30.9 Å². The van der Waals surface area contributed by atoms with E-state index in [0.29, 0.717) is 6.54 Å². The lowest BCUT2D eigenvalue weighted by Gasteiger charge is -2.19. The van der Waals surface area contributed by atoms with E-state index in [4.69, 9.17) is 0 Å². The average Bonchev–Trinajstić information content (AvgIpc) is 3.11. The number of carbonyl (C=O) groups excluding carboxylic acids is 1. The predicted molar refractivity (Wildman–Crippen MR) is 81.8 cm³/mol. The van der Waals surface area contributed by atoms with Crippen LogP contribution in [0.25, 0.3) is 0 Å². The zero-order chi connectivity index (χ0) is 13.7. The zero-order valence-corrected chi connectivity index (χ0v) is 12.8. The summed E-state index contributed by atoms with van der Waals surface area (Å²) in [5.74, 6) is 0.126. The maximum Gasteiger partial charge on any atom is 0.236 e. The fourth-order valence-electron chi connectivity index (χ4n) is 1.75. The Morgan fingerprint density at radius 2 is 1.84 bits per heavy atom. The topological polar surface area (TPSA) is 32.3 Å². The summed E-state index contributed by atoms with van der Waals surface area (Å²) < 4.78 is 0. The molecule has 0 saturated heterocycles. The van der Waals surface area contributed by atoms with E-state index < -0.39 is 0 Å². The van der Waals surface area contributed by atoms with Gasteiger partial charge in [0.1, 0.15) is 0 Å². The van der Waals surface area contributed by atoms with Crippen molar-refractivity contribution in [2.45, 2.75) is 13.0 Å². The highest BCUT2D eigenvalue weighted by molar-refractivity contribution is 7.11. The molecule has 0 aliphatic carbocycles. The Labute approximate surface area is 121 Å². The highest BCUT2D eigenvalue weighted by Crippen LogP contribution is 2.28. The average molecular weight is 294 g/mol. The van der Waals surface area contributed by atoms with Crippen molar-refractivity contribution in [3.8, 4) is 0 Å². The summed E-state index contributed by atoms with van der Waals surface area (Å²) in [6.45, 7) is 3.09. The number of likely N-dealkylation sites (N-methyl/N-ethyl adjacent to an activating group) is 1. The number of hydrogen-bond donors (Lipinski definition) is 1. The van der Waals surface area contributed by atoms with Crippen molar-refractivity contribution in [3.63, 3.8) is 0 Å². The summed E-state index contributed by atoms with van der Waals surface area (Å²) in [6.07, 6.45) is 0. The van der Waals surface area contributed by atoms with Crippen molar-refractivity contribution in [3.05, 3.63) is 44.8 Å². The van der Waals surface area contributed by atoms with Crippen LogP contribution in [-0.2, 0) is 4.79 Å². The van der Waals surface area contributed by atoms with Gasteiger partial charge in [-0.25, -0.2) is 0 Å². The molecule has 0 fully saturated rings. The Bertz CT molecular complexity index is 459. The van der Waals surface area contributed by atoms with E-state index in [1.54, 1.807) is 27.6 Å². The van der Waals surface area contributed by atoms with Crippen LogP contribution in [0.4, 0.5) is 0 Å². The summed E-state index contributed by atoms with van der Waals surface area (Å²) in [5, 5.41) is 7.50. The van der Waals surface area contributed by atoms with Gasteiger partial charge in [0.2, 0.25) is 5.91 Å². The Kier molecular flexibility index (Phi) is 5.13. The molecule has 0 spiro atoms. The van der Waals surface area contributed by atoms with Crippen molar-refractivity contribution in [1.82, 2.24) is 10.2 Å². The predicted octanol–water partition coefficient (Wildman–Crippen LogP) is 2.97. The van der Waals surface area contributed by atoms with Gasteiger partial charge in [-0.1, -0.05) is 12.1 Å². The first-order valence-electron chi connectivity index (χ1n) is 6.26. The van der Waals surface area contributed by atoms with E-state index in [9.17, 15) is 4.79 Å². The Balaban J connectivity index is 2.06. The van der Waals surface area contributed by atoms with Crippen molar-refractivity contribution >= 4 is 28.6 Å². The quantitative estimate of drug-likeness (QED) is 0.888. The third kappa shape index (κ3) is 3.65. The molecule has 0 aromatic carbocycles. The standard InChI is InChI=1S/C14H18N2OS2/c1-3-16(2)13(17)10-15-14(11-6-4-8-18-11)12-7-5-9-19-12/h4-9,14-15H,3,10H2,1-2H3. The van der Waals surface area contributed by atoms with Crippen LogP contribution in [0.5, 0.6) is 0 Å². The van der Waals surface area contributed by atoms with Gasteiger partial charge < -0.3 is 4.90 Å². The molecule has 0 bridgehead atoms. The second kappa shape index (κ2) is 6.84. The molecule has 5 heteroatoms. The molecule has 0 radical (unpaired) electrons. The molecule has 1 amide bonds. The molecule has 19 heavy (non-hydrogen) atoms. The Morgan fingerprint density at radius 3 is 2.26 bits per heavy atom. The first kappa shape index (κ1) is 14.2. The molecule has 2 rings (SSSR count). The summed E-state index contributed by atoms with van der Waals surface area (Å²) in [6, 6.07) is 8.42. The molecule has 2 aromatic rings. The first-order chi connectivity index (χ1) is 9.22. The minimum Gasteiger partial charge on any atom is -0.345 e. The van der Waals surface area contributed by atoms with E-state index in [1.807, 2.05) is 26.1 Å². The molecule has 0 aliphatic rings. The molecule has 0 saturated carbocycles. The van der Waals surface area contributed by atoms with Crippen LogP contribution in [0.15, 0.2) is 35.0 Å². The third-order valence-corrected chi connectivity index (χ3v) is 4.89. The van der Waals surface area contributed by atoms with Gasteiger partial charge in [0.05, 0.1) is 12.6 Å². The van der Waals surface area contributed by atoms with E-state index in [1.165, 1.54) is 9.75 Å². The third-order valence-electron chi connectivity index (χ3n) is 3.01. The molecule has 2 aromatic heterocycles. The fourth-order valence-corrected chi connectivity index (χ4v) is 3.46. The molecule has 102 valence electrons. The number of nitrogens with zero attached hydrogens (tertiary/aromatic N) is 1. The molecule has 1 N–H and O–H groups in total. The van der Waals surface area contributed by atoms with E-state index in [-0.39, 0.29) is 11.9 Å². The van der Waals surface area contributed by atoms with Crippen LogP contribution in [0.1, 0.15) is 22.7 Å². The summed E-state index contributed by atoms with van der Waals surface area (Å²) in [4.78, 5) is 16.1. The molecular formula is C14H18N2OS2. The monoisotopic (exact) mass is 294 g/mol. The maximum atomic E-state index is 11.9. The first-order valence-corrected chi connectivity index (χ1v) is 8.02. The van der Waals surface area contributed by atoms with Crippen LogP contribution in [0, 0.1) is 0 Å². The number of nitrogens with one attached hydrogen (secondary N) is 1. The zero-order valence-electron chi connectivity index (χ0n) is 11.1. The minimum atomic E-state index is 0.120. The van der Waals surface area contributed by atoms with Gasteiger partial charge in [0.15, 0.2) is 0 Å². The normalized spacial score (nSPS) is 10.9. The SMILES string of the molecule is CCN(C)C(=O)CNC(c1cccs1)c1cccs1. The van der Waals surface area contributed by atoms with Gasteiger partial charge >= 0.3 is 0 Å². The van der Waals surface area contributed by atoms with Crippen molar-refractivity contribution < 1.29 is 4.79 Å². The van der Waals surface area contributed by atoms with Gasteiger partial charge in [0, 0.05) is 23.3 Å². The lowest BCUT2D eigenvalue weighted by Crippen LogP contribution is -2.36. The molecule has 3 nitrogen and oxygen atoms in total. The van der Waals surface area contributed by atoms with E-state index >= 15 is 0 Å². The van der Waals surface area contributed by atoms with Crippen molar-refractivity contribution in [1.29, 1.82) is 0 Å². The molecule has 0 unspecified atom stereocenters. The van der Waals surface area contributed by atoms with Gasteiger partial charge in [-0.3, -0.25) is 10.1 Å². The second-order valence-corrected chi connectivity index (χ2v) is 6.21. The van der Waals surface area contributed by atoms with Crippen LogP contribution < -0.4 is 5.32 Å². The molecule has 0 aliphatic heterocycles. The number of rotatable bonds is 6. The fraction of sp³-hybridized carbons (Fsp3) is 0.357. The highest BCUT2D eigenvalue weighted by atomic mass is 32.1. The van der Waals surface area contributed by atoms with Crippen LogP contribution in [0.3, 0.4) is 0 Å². The van der Waals surface area contributed by atoms with Crippen LogP contribution in [0.2, 0.25) is 0 Å². The largest absolute Gasteiger partial charge is 0.345 e. The maximum absolute atomic E-state index is 11.9. The minimum absolute atomic E-state index is 0.120. The molecule has 2 heterocycles. The number of thiophene rings is 2. The summed E-state index contributed by atoms with van der Waals surface area (Å²) >= 11 is 3.43. The van der Waals surface area contributed by atoms with Gasteiger partial charge in [-0.05, 0) is 29.8 Å². The van der Waals surface area contributed by atoms with E-state index in [0.717, 1.165) is 6.54 Å². The van der Waals surface area contributed by atoms with Crippen molar-refractivity contribution in [2.24, 2.45) is 0 Å². The molecular weight excluding hydrogens is 276 g/mol. The van der Waals surface area contributed by atoms with Gasteiger partial charge in [-0.15, -0.1) is 22.7 Å². The smallest absolute Gasteiger partial charge is 0.236 e. The number of carbonyl (C=O) groups is 1. The van der Waals surface area contributed by atoms with Crippen molar-refractivity contribution in [2.75, 3.05) is 20.1 Å².